The average molecular weight is 398 g/mol. The van der Waals surface area contributed by atoms with Gasteiger partial charge in [-0.1, -0.05) is 0 Å². The van der Waals surface area contributed by atoms with Gasteiger partial charge in [0.1, 0.15) is 12.6 Å². The Balaban J connectivity index is 1.78. The number of rotatable bonds is 2. The van der Waals surface area contributed by atoms with Gasteiger partial charge in [-0.2, -0.15) is 0 Å². The molecule has 0 aromatic heterocycles. The average Bonchev–Trinajstić information content (AvgIpc) is 2.89. The maximum absolute atomic E-state index is 12.2. The molecule has 3 atom stereocenters. The number of ether oxygens (including phenoxy) is 3. The number of carbonyl (C=O) groups excluding carboxylic acids is 3. The van der Waals surface area contributed by atoms with E-state index in [9.17, 15) is 14.4 Å². The number of hydrogen-bond acceptors (Lipinski definition) is 10. The van der Waals surface area contributed by atoms with Crippen LogP contribution in [0.3, 0.4) is 0 Å². The smallest absolute Gasteiger partial charge is 0.322 e. The summed E-state index contributed by atoms with van der Waals surface area (Å²) in [5.74, 6) is -0.857. The highest BCUT2D eigenvalue weighted by atomic mass is 16.6. The molecule has 0 N–H and O–H groups in total. The quantitative estimate of drug-likeness (QED) is 0.392. The zero-order chi connectivity index (χ0) is 20.3. The van der Waals surface area contributed by atoms with Crippen LogP contribution in [0.2, 0.25) is 0 Å². The molecule has 3 aliphatic rings. The fraction of sp³-hybridized carbons (Fsp3) is 0.833. The van der Waals surface area contributed by atoms with Crippen LogP contribution in [0.15, 0.2) is 0 Å². The first-order valence-electron chi connectivity index (χ1n) is 9.64. The van der Waals surface area contributed by atoms with E-state index in [1.165, 1.54) is 7.11 Å². The standard InChI is InChI=1S/C18H30N4O6/c1-18-13-21-9-14(27-16(24)11-21)8-20(10-15(23)26-3)6-4-19(2)5-7-22(18)12-17(25)28-18/h14H,4-13H2,1-3H3/t14?,18-/m0/s1. The van der Waals surface area contributed by atoms with Crippen LogP contribution in [0.25, 0.3) is 0 Å². The van der Waals surface area contributed by atoms with Gasteiger partial charge in [-0.15, -0.1) is 0 Å². The monoisotopic (exact) mass is 398 g/mol. The highest BCUT2D eigenvalue weighted by molar-refractivity contribution is 5.74. The molecule has 0 radical (unpaired) electrons. The van der Waals surface area contributed by atoms with E-state index in [-0.39, 0.29) is 43.6 Å². The van der Waals surface area contributed by atoms with Gasteiger partial charge in [0, 0.05) is 39.3 Å². The van der Waals surface area contributed by atoms with Crippen molar-refractivity contribution in [3.8, 4) is 0 Å². The Hall–Kier alpha value is -1.75. The van der Waals surface area contributed by atoms with Crippen LogP contribution in [0.5, 0.6) is 0 Å². The summed E-state index contributed by atoms with van der Waals surface area (Å²) in [4.78, 5) is 44.0. The zero-order valence-electron chi connectivity index (χ0n) is 16.9. The number of hydrogen-bond donors (Lipinski definition) is 0. The van der Waals surface area contributed by atoms with Gasteiger partial charge in [-0.25, -0.2) is 0 Å². The molecule has 3 heterocycles. The molecule has 0 aromatic carbocycles. The molecule has 3 rings (SSSR count). The van der Waals surface area contributed by atoms with Gasteiger partial charge in [0.05, 0.1) is 26.7 Å². The van der Waals surface area contributed by atoms with Crippen molar-refractivity contribution in [3.63, 3.8) is 0 Å². The maximum atomic E-state index is 12.2. The molecule has 2 unspecified atom stereocenters. The summed E-state index contributed by atoms with van der Waals surface area (Å²) in [6, 6.07) is 0. The van der Waals surface area contributed by atoms with E-state index in [1.807, 2.05) is 28.7 Å². The maximum Gasteiger partial charge on any atom is 0.322 e. The minimum Gasteiger partial charge on any atom is -0.468 e. The van der Waals surface area contributed by atoms with Crippen molar-refractivity contribution >= 4 is 17.9 Å². The molecule has 3 aliphatic heterocycles. The van der Waals surface area contributed by atoms with Crippen LogP contribution in [0.4, 0.5) is 0 Å². The number of nitrogens with zero attached hydrogens (tertiary/aromatic N) is 4. The molecular formula is C18H30N4O6. The number of methoxy groups -OCH3 is 1. The van der Waals surface area contributed by atoms with Crippen molar-refractivity contribution in [2.75, 3.05) is 79.6 Å². The molecule has 0 aromatic rings. The summed E-state index contributed by atoms with van der Waals surface area (Å²) in [6.07, 6.45) is -0.355. The summed E-state index contributed by atoms with van der Waals surface area (Å²) in [7, 11) is 3.38. The molecular weight excluding hydrogens is 368 g/mol. The van der Waals surface area contributed by atoms with Gasteiger partial charge in [0.25, 0.3) is 0 Å². The van der Waals surface area contributed by atoms with Gasteiger partial charge in [0.15, 0.2) is 5.72 Å². The van der Waals surface area contributed by atoms with Crippen LogP contribution in [0, 0.1) is 0 Å². The molecule has 0 aliphatic carbocycles. The molecule has 0 saturated carbocycles. The van der Waals surface area contributed by atoms with Gasteiger partial charge in [0.2, 0.25) is 0 Å². The van der Waals surface area contributed by atoms with Crippen molar-refractivity contribution in [3.05, 3.63) is 0 Å². The first-order valence-corrected chi connectivity index (χ1v) is 9.64. The van der Waals surface area contributed by atoms with E-state index in [2.05, 4.69) is 4.90 Å². The van der Waals surface area contributed by atoms with Gasteiger partial charge >= 0.3 is 17.9 Å². The van der Waals surface area contributed by atoms with Crippen LogP contribution in [-0.2, 0) is 28.6 Å². The van der Waals surface area contributed by atoms with E-state index in [4.69, 9.17) is 14.2 Å². The van der Waals surface area contributed by atoms with Crippen LogP contribution >= 0.6 is 0 Å². The predicted octanol–water partition coefficient (Wildman–Crippen LogP) is -1.79. The lowest BCUT2D eigenvalue weighted by Gasteiger charge is -2.40. The van der Waals surface area contributed by atoms with E-state index < -0.39 is 5.72 Å². The molecule has 158 valence electrons. The predicted molar refractivity (Wildman–Crippen MR) is 98.3 cm³/mol. The SMILES string of the molecule is COC(=O)CN1CCN(C)CCN2CC(=O)O[C@@]2(C)CN2CC(=O)OC(C1)C2. The lowest BCUT2D eigenvalue weighted by atomic mass is 10.1. The van der Waals surface area contributed by atoms with E-state index in [0.717, 1.165) is 13.1 Å². The lowest BCUT2D eigenvalue weighted by Crippen LogP contribution is -2.57. The second-order valence-electron chi connectivity index (χ2n) is 7.97. The normalized spacial score (nSPS) is 33.7. The van der Waals surface area contributed by atoms with Crippen LogP contribution in [0.1, 0.15) is 6.92 Å². The molecule has 10 heteroatoms. The van der Waals surface area contributed by atoms with Gasteiger partial charge in [-0.3, -0.25) is 29.1 Å². The first kappa shape index (κ1) is 21.0. The van der Waals surface area contributed by atoms with E-state index in [0.29, 0.717) is 32.7 Å². The topological polar surface area (TPSA) is 91.9 Å². The zero-order valence-corrected chi connectivity index (χ0v) is 16.9. The van der Waals surface area contributed by atoms with Gasteiger partial charge in [-0.05, 0) is 14.0 Å². The van der Waals surface area contributed by atoms with E-state index in [1.54, 1.807) is 0 Å². The summed E-state index contributed by atoms with van der Waals surface area (Å²) in [5, 5.41) is 0. The Morgan fingerprint density at radius 3 is 2.64 bits per heavy atom. The highest BCUT2D eigenvalue weighted by Crippen LogP contribution is 2.26. The Kier molecular flexibility index (Phi) is 6.54. The number of fused-ring (bicyclic) bond motifs is 3. The van der Waals surface area contributed by atoms with Gasteiger partial charge < -0.3 is 19.1 Å². The molecule has 28 heavy (non-hydrogen) atoms. The minimum absolute atomic E-state index is 0.153. The molecule has 3 fully saturated rings. The Morgan fingerprint density at radius 1 is 1.14 bits per heavy atom. The summed E-state index contributed by atoms with van der Waals surface area (Å²) < 4.78 is 16.0. The fourth-order valence-electron chi connectivity index (χ4n) is 4.02. The van der Waals surface area contributed by atoms with Crippen molar-refractivity contribution in [2.24, 2.45) is 0 Å². The Bertz CT molecular complexity index is 617. The Morgan fingerprint density at radius 2 is 1.89 bits per heavy atom. The second-order valence-corrected chi connectivity index (χ2v) is 7.97. The van der Waals surface area contributed by atoms with Crippen LogP contribution in [-0.4, -0.2) is 129 Å². The van der Waals surface area contributed by atoms with Crippen molar-refractivity contribution in [2.45, 2.75) is 18.8 Å². The Labute approximate surface area is 165 Å². The fourth-order valence-corrected chi connectivity index (χ4v) is 4.02. The third-order valence-corrected chi connectivity index (χ3v) is 5.54. The number of likely N-dealkylation sites (N-methyl/N-ethyl adjacent to an activating group) is 1. The summed E-state index contributed by atoms with van der Waals surface area (Å²) in [6.45, 7) is 6.70. The molecule has 0 amide bonds. The molecule has 10 nitrogen and oxygen atoms in total. The highest BCUT2D eigenvalue weighted by Gasteiger charge is 2.45. The van der Waals surface area contributed by atoms with Crippen LogP contribution < -0.4 is 0 Å². The molecule has 0 spiro atoms. The van der Waals surface area contributed by atoms with E-state index >= 15 is 0 Å². The second kappa shape index (κ2) is 8.73. The van der Waals surface area contributed by atoms with Crippen molar-refractivity contribution < 1.29 is 28.6 Å². The minimum atomic E-state index is -0.764. The first-order chi connectivity index (χ1) is 13.3. The number of carbonyl (C=O) groups is 3. The lowest BCUT2D eigenvalue weighted by molar-refractivity contribution is -0.167. The third-order valence-electron chi connectivity index (χ3n) is 5.54. The molecule has 3 saturated heterocycles. The largest absolute Gasteiger partial charge is 0.468 e. The number of morpholine rings is 1. The third kappa shape index (κ3) is 5.19. The summed E-state index contributed by atoms with van der Waals surface area (Å²) >= 11 is 0. The summed E-state index contributed by atoms with van der Waals surface area (Å²) in [5.41, 5.74) is -0.764. The molecule has 2 bridgehead atoms. The number of esters is 3. The van der Waals surface area contributed by atoms with Crippen molar-refractivity contribution in [1.82, 2.24) is 19.6 Å². The van der Waals surface area contributed by atoms with Crippen molar-refractivity contribution in [1.29, 1.82) is 0 Å².